The van der Waals surface area contributed by atoms with E-state index in [1.807, 2.05) is 11.8 Å². The minimum absolute atomic E-state index is 0.0591. The van der Waals surface area contributed by atoms with Crippen molar-refractivity contribution >= 4 is 18.0 Å². The fraction of sp³-hybridized carbons (Fsp3) is 0.500. The molecule has 0 unspecified atom stereocenters. The molecule has 2 rings (SSSR count). The van der Waals surface area contributed by atoms with E-state index in [0.29, 0.717) is 30.8 Å². The molecule has 1 heterocycles. The van der Waals surface area contributed by atoms with E-state index in [2.05, 4.69) is 10.1 Å². The van der Waals surface area contributed by atoms with Crippen molar-refractivity contribution in [2.24, 2.45) is 0 Å². The molecule has 2 amide bonds. The van der Waals surface area contributed by atoms with Crippen LogP contribution < -0.4 is 10.1 Å². The van der Waals surface area contributed by atoms with E-state index in [1.54, 1.807) is 31.2 Å². The van der Waals surface area contributed by atoms with Gasteiger partial charge in [0.2, 0.25) is 5.91 Å². The van der Waals surface area contributed by atoms with E-state index in [0.717, 1.165) is 12.8 Å². The van der Waals surface area contributed by atoms with Crippen LogP contribution in [0, 0.1) is 0 Å². The number of benzene rings is 1. The third kappa shape index (κ3) is 5.48. The summed E-state index contributed by atoms with van der Waals surface area (Å²) in [5.74, 6) is 0.298. The molecule has 0 spiro atoms. The summed E-state index contributed by atoms with van der Waals surface area (Å²) in [4.78, 5) is 37.0. The Labute approximate surface area is 147 Å². The van der Waals surface area contributed by atoms with Gasteiger partial charge in [-0.1, -0.05) is 6.92 Å². The second-order valence-electron chi connectivity index (χ2n) is 5.79. The van der Waals surface area contributed by atoms with Crippen molar-refractivity contribution in [3.8, 4) is 5.75 Å². The third-order valence-corrected chi connectivity index (χ3v) is 4.07. The number of hydrogen-bond donors (Lipinski definition) is 1. The van der Waals surface area contributed by atoms with Crippen LogP contribution in [-0.4, -0.2) is 48.6 Å². The molecule has 1 N–H and O–H groups in total. The Hall–Kier alpha value is -2.57. The van der Waals surface area contributed by atoms with Gasteiger partial charge in [0.1, 0.15) is 5.75 Å². The van der Waals surface area contributed by atoms with E-state index >= 15 is 0 Å². The molecule has 136 valence electrons. The summed E-state index contributed by atoms with van der Waals surface area (Å²) in [5.41, 5.74) is 0.489. The summed E-state index contributed by atoms with van der Waals surface area (Å²) in [7, 11) is 0. The third-order valence-electron chi connectivity index (χ3n) is 4.07. The topological polar surface area (TPSA) is 84.9 Å². The molecule has 0 aromatic heterocycles. The lowest BCUT2D eigenvalue weighted by Crippen LogP contribution is -2.46. The molecule has 1 aliphatic rings. The maximum atomic E-state index is 12.3. The molecule has 1 aliphatic heterocycles. The molecule has 1 aromatic rings. The minimum atomic E-state index is -0.770. The van der Waals surface area contributed by atoms with Crippen molar-refractivity contribution in [2.75, 3.05) is 19.7 Å². The van der Waals surface area contributed by atoms with Crippen molar-refractivity contribution in [1.82, 2.24) is 10.2 Å². The van der Waals surface area contributed by atoms with E-state index in [9.17, 15) is 14.4 Å². The number of rotatable bonds is 5. The predicted octanol–water partition coefficient (Wildman–Crippen LogP) is 2.35. The average molecular weight is 348 g/mol. The van der Waals surface area contributed by atoms with Crippen molar-refractivity contribution in [3.63, 3.8) is 0 Å². The number of carbonyl (C=O) groups is 3. The number of carbonyl (C=O) groups excluding carboxylic acids is 3. The highest BCUT2D eigenvalue weighted by Crippen LogP contribution is 2.15. The van der Waals surface area contributed by atoms with Crippen molar-refractivity contribution < 1.29 is 23.9 Å². The van der Waals surface area contributed by atoms with Gasteiger partial charge >= 0.3 is 6.16 Å². The van der Waals surface area contributed by atoms with Gasteiger partial charge in [0, 0.05) is 31.1 Å². The zero-order valence-corrected chi connectivity index (χ0v) is 14.6. The lowest BCUT2D eigenvalue weighted by molar-refractivity contribution is -0.131. The molecule has 1 saturated heterocycles. The van der Waals surface area contributed by atoms with E-state index in [1.165, 1.54) is 0 Å². The molecule has 1 fully saturated rings. The van der Waals surface area contributed by atoms with Gasteiger partial charge in [0.25, 0.3) is 5.91 Å². The van der Waals surface area contributed by atoms with Crippen LogP contribution in [0.4, 0.5) is 4.79 Å². The summed E-state index contributed by atoms with van der Waals surface area (Å²) in [6.45, 7) is 5.12. The van der Waals surface area contributed by atoms with Gasteiger partial charge in [-0.05, 0) is 44.0 Å². The largest absolute Gasteiger partial charge is 0.513 e. The lowest BCUT2D eigenvalue weighted by Gasteiger charge is -2.32. The summed E-state index contributed by atoms with van der Waals surface area (Å²) in [6.07, 6.45) is 1.24. The van der Waals surface area contributed by atoms with Crippen molar-refractivity contribution in [2.45, 2.75) is 39.2 Å². The monoisotopic (exact) mass is 348 g/mol. The van der Waals surface area contributed by atoms with E-state index in [4.69, 9.17) is 4.74 Å². The van der Waals surface area contributed by atoms with Gasteiger partial charge in [-0.15, -0.1) is 0 Å². The van der Waals surface area contributed by atoms with Crippen LogP contribution in [0.5, 0.6) is 5.75 Å². The fourth-order valence-electron chi connectivity index (χ4n) is 2.68. The summed E-state index contributed by atoms with van der Waals surface area (Å²) < 4.78 is 9.64. The SMILES string of the molecule is CCOC(=O)Oc1ccc(C(=O)NC2CCN(C(=O)CC)CC2)cc1. The maximum Gasteiger partial charge on any atom is 0.513 e. The molecular formula is C18H24N2O5. The molecule has 0 aliphatic carbocycles. The summed E-state index contributed by atoms with van der Waals surface area (Å²) in [5, 5.41) is 2.98. The zero-order chi connectivity index (χ0) is 18.2. The number of likely N-dealkylation sites (tertiary alicyclic amines) is 1. The van der Waals surface area contributed by atoms with Gasteiger partial charge in [-0.3, -0.25) is 9.59 Å². The normalized spacial score (nSPS) is 14.7. The first-order valence-electron chi connectivity index (χ1n) is 8.56. The molecule has 0 radical (unpaired) electrons. The van der Waals surface area contributed by atoms with Crippen LogP contribution in [0.1, 0.15) is 43.5 Å². The number of hydrogen-bond acceptors (Lipinski definition) is 5. The van der Waals surface area contributed by atoms with Crippen molar-refractivity contribution in [1.29, 1.82) is 0 Å². The minimum Gasteiger partial charge on any atom is -0.434 e. The van der Waals surface area contributed by atoms with Gasteiger partial charge in [0.05, 0.1) is 6.61 Å². The Balaban J connectivity index is 1.83. The standard InChI is InChI=1S/C18H24N2O5/c1-3-16(21)20-11-9-14(10-12-20)19-17(22)13-5-7-15(8-6-13)25-18(23)24-4-2/h5-8,14H,3-4,9-12H2,1-2H3,(H,19,22). The molecule has 7 nitrogen and oxygen atoms in total. The number of nitrogens with zero attached hydrogens (tertiary/aromatic N) is 1. The molecule has 0 bridgehead atoms. The number of nitrogens with one attached hydrogen (secondary N) is 1. The highest BCUT2D eigenvalue weighted by Gasteiger charge is 2.23. The number of piperidine rings is 1. The van der Waals surface area contributed by atoms with Crippen LogP contribution >= 0.6 is 0 Å². The smallest absolute Gasteiger partial charge is 0.434 e. The van der Waals surface area contributed by atoms with Gasteiger partial charge in [-0.2, -0.15) is 0 Å². The van der Waals surface area contributed by atoms with Crippen LogP contribution in [0.2, 0.25) is 0 Å². The second-order valence-corrected chi connectivity index (χ2v) is 5.79. The average Bonchev–Trinajstić information content (AvgIpc) is 2.62. The molecule has 1 aromatic carbocycles. The van der Waals surface area contributed by atoms with Gasteiger partial charge in [0.15, 0.2) is 0 Å². The highest BCUT2D eigenvalue weighted by molar-refractivity contribution is 5.94. The number of amides is 2. The Morgan fingerprint density at radius 2 is 1.76 bits per heavy atom. The van der Waals surface area contributed by atoms with E-state index < -0.39 is 6.16 Å². The predicted molar refractivity (Wildman–Crippen MR) is 91.5 cm³/mol. The maximum absolute atomic E-state index is 12.3. The van der Waals surface area contributed by atoms with Crippen LogP contribution in [0.15, 0.2) is 24.3 Å². The second kappa shape index (κ2) is 9.05. The van der Waals surface area contributed by atoms with Gasteiger partial charge in [-0.25, -0.2) is 4.79 Å². The Morgan fingerprint density at radius 1 is 1.12 bits per heavy atom. The Kier molecular flexibility index (Phi) is 6.80. The molecular weight excluding hydrogens is 324 g/mol. The van der Waals surface area contributed by atoms with Crippen LogP contribution in [0.3, 0.4) is 0 Å². The molecule has 25 heavy (non-hydrogen) atoms. The molecule has 0 atom stereocenters. The van der Waals surface area contributed by atoms with Crippen LogP contribution in [0.25, 0.3) is 0 Å². The fourth-order valence-corrected chi connectivity index (χ4v) is 2.68. The zero-order valence-electron chi connectivity index (χ0n) is 14.6. The highest BCUT2D eigenvalue weighted by atomic mass is 16.7. The quantitative estimate of drug-likeness (QED) is 0.652. The molecule has 0 saturated carbocycles. The first-order chi connectivity index (χ1) is 12.0. The lowest BCUT2D eigenvalue weighted by atomic mass is 10.0. The Morgan fingerprint density at radius 3 is 2.32 bits per heavy atom. The summed E-state index contributed by atoms with van der Waals surface area (Å²) >= 11 is 0. The molecule has 7 heteroatoms. The first-order valence-corrected chi connectivity index (χ1v) is 8.56. The summed E-state index contributed by atoms with van der Waals surface area (Å²) in [6, 6.07) is 6.35. The Bertz CT molecular complexity index is 606. The van der Waals surface area contributed by atoms with Gasteiger partial charge < -0.3 is 19.7 Å². The van der Waals surface area contributed by atoms with Crippen LogP contribution in [-0.2, 0) is 9.53 Å². The van der Waals surface area contributed by atoms with E-state index in [-0.39, 0.29) is 24.5 Å². The first kappa shape index (κ1) is 18.8. The van der Waals surface area contributed by atoms with Crippen molar-refractivity contribution in [3.05, 3.63) is 29.8 Å². The number of ether oxygens (including phenoxy) is 2.